The number of hydrogen-bond acceptors (Lipinski definition) is 4. The second-order valence-electron chi connectivity index (χ2n) is 6.09. The number of methoxy groups -OCH3 is 1. The molecule has 1 aromatic rings. The van der Waals surface area contributed by atoms with Crippen molar-refractivity contribution in [1.82, 2.24) is 4.98 Å². The standard InChI is InChI=1S/C17H26N2O3/c1-5-6-9-22-15-12(2)10-14(11-18-15)19-16(20)17(3,21-4)13-7-8-13/h10-11,13H,5-9H2,1-4H3,(H,19,20). The van der Waals surface area contributed by atoms with Gasteiger partial charge in [0.25, 0.3) is 5.91 Å². The highest BCUT2D eigenvalue weighted by Crippen LogP contribution is 2.42. The highest BCUT2D eigenvalue weighted by Gasteiger charge is 2.47. The van der Waals surface area contributed by atoms with E-state index in [1.807, 2.05) is 19.9 Å². The van der Waals surface area contributed by atoms with Crippen LogP contribution in [0.2, 0.25) is 0 Å². The molecule has 0 aliphatic heterocycles. The molecule has 1 aliphatic rings. The molecule has 1 N–H and O–H groups in total. The molecule has 0 saturated heterocycles. The van der Waals surface area contributed by atoms with Crippen molar-refractivity contribution in [2.24, 2.45) is 5.92 Å². The van der Waals surface area contributed by atoms with Crippen molar-refractivity contribution in [3.8, 4) is 5.88 Å². The van der Waals surface area contributed by atoms with Gasteiger partial charge in [-0.2, -0.15) is 0 Å². The number of amides is 1. The van der Waals surface area contributed by atoms with E-state index in [4.69, 9.17) is 9.47 Å². The van der Waals surface area contributed by atoms with Gasteiger partial charge in [-0.1, -0.05) is 13.3 Å². The van der Waals surface area contributed by atoms with E-state index in [1.165, 1.54) is 0 Å². The van der Waals surface area contributed by atoms with Gasteiger partial charge in [0, 0.05) is 12.7 Å². The lowest BCUT2D eigenvalue weighted by atomic mass is 9.99. The van der Waals surface area contributed by atoms with Gasteiger partial charge < -0.3 is 14.8 Å². The highest BCUT2D eigenvalue weighted by molar-refractivity contribution is 5.97. The summed E-state index contributed by atoms with van der Waals surface area (Å²) in [5.74, 6) is 0.824. The molecule has 1 aliphatic carbocycles. The minimum absolute atomic E-state index is 0.113. The fourth-order valence-electron chi connectivity index (χ4n) is 2.43. The second-order valence-corrected chi connectivity index (χ2v) is 6.09. The lowest BCUT2D eigenvalue weighted by Gasteiger charge is -2.26. The van der Waals surface area contributed by atoms with Crippen molar-refractivity contribution in [1.29, 1.82) is 0 Å². The molecule has 0 spiro atoms. The molecule has 2 rings (SSSR count). The highest BCUT2D eigenvalue weighted by atomic mass is 16.5. The minimum atomic E-state index is -0.760. The van der Waals surface area contributed by atoms with E-state index in [0.717, 1.165) is 31.2 Å². The van der Waals surface area contributed by atoms with Gasteiger partial charge in [0.2, 0.25) is 5.88 Å². The Morgan fingerprint density at radius 1 is 1.50 bits per heavy atom. The molecule has 0 radical (unpaired) electrons. The number of nitrogens with zero attached hydrogens (tertiary/aromatic N) is 1. The van der Waals surface area contributed by atoms with E-state index in [2.05, 4.69) is 17.2 Å². The molecule has 1 heterocycles. The van der Waals surface area contributed by atoms with Gasteiger partial charge in [-0.15, -0.1) is 0 Å². The van der Waals surface area contributed by atoms with E-state index in [9.17, 15) is 4.79 Å². The lowest BCUT2D eigenvalue weighted by molar-refractivity contribution is -0.138. The third kappa shape index (κ3) is 3.77. The van der Waals surface area contributed by atoms with Gasteiger partial charge >= 0.3 is 0 Å². The van der Waals surface area contributed by atoms with Crippen LogP contribution in [0.15, 0.2) is 12.3 Å². The van der Waals surface area contributed by atoms with Gasteiger partial charge in [-0.05, 0) is 45.1 Å². The van der Waals surface area contributed by atoms with Crippen molar-refractivity contribution >= 4 is 11.6 Å². The normalized spacial score (nSPS) is 16.9. The predicted octanol–water partition coefficient (Wildman–Crippen LogP) is 3.32. The Morgan fingerprint density at radius 3 is 2.77 bits per heavy atom. The smallest absolute Gasteiger partial charge is 0.256 e. The summed E-state index contributed by atoms with van der Waals surface area (Å²) in [7, 11) is 1.59. The zero-order valence-electron chi connectivity index (χ0n) is 13.9. The van der Waals surface area contributed by atoms with E-state index >= 15 is 0 Å². The van der Waals surface area contributed by atoms with Gasteiger partial charge in [0.1, 0.15) is 5.60 Å². The molecule has 1 atom stereocenters. The minimum Gasteiger partial charge on any atom is -0.477 e. The van der Waals surface area contributed by atoms with Crippen molar-refractivity contribution in [3.63, 3.8) is 0 Å². The zero-order chi connectivity index (χ0) is 16.2. The maximum atomic E-state index is 12.5. The van der Waals surface area contributed by atoms with Crippen LogP contribution in [0.1, 0.15) is 45.1 Å². The van der Waals surface area contributed by atoms with Crippen LogP contribution in [-0.4, -0.2) is 30.2 Å². The summed E-state index contributed by atoms with van der Waals surface area (Å²) in [5.41, 5.74) is 0.832. The van der Waals surface area contributed by atoms with Crippen LogP contribution in [0.5, 0.6) is 5.88 Å². The first-order valence-electron chi connectivity index (χ1n) is 7.97. The van der Waals surface area contributed by atoms with Crippen molar-refractivity contribution in [2.75, 3.05) is 19.0 Å². The Bertz CT molecular complexity index is 529. The van der Waals surface area contributed by atoms with Gasteiger partial charge in [0.05, 0.1) is 18.5 Å². The van der Waals surface area contributed by atoms with Crippen LogP contribution in [0, 0.1) is 12.8 Å². The maximum absolute atomic E-state index is 12.5. The Morgan fingerprint density at radius 2 is 2.23 bits per heavy atom. The van der Waals surface area contributed by atoms with Gasteiger partial charge in [-0.25, -0.2) is 4.98 Å². The first-order valence-corrected chi connectivity index (χ1v) is 7.97. The number of nitrogens with one attached hydrogen (secondary N) is 1. The van der Waals surface area contributed by atoms with Crippen molar-refractivity contribution < 1.29 is 14.3 Å². The molecule has 1 fully saturated rings. The lowest BCUT2D eigenvalue weighted by Crippen LogP contribution is -2.44. The Labute approximate surface area is 132 Å². The number of aromatic nitrogens is 1. The fourth-order valence-corrected chi connectivity index (χ4v) is 2.43. The summed E-state index contributed by atoms with van der Waals surface area (Å²) in [4.78, 5) is 16.8. The fraction of sp³-hybridized carbons (Fsp3) is 0.647. The van der Waals surface area contributed by atoms with Crippen LogP contribution in [0.25, 0.3) is 0 Å². The Balaban J connectivity index is 2.01. The van der Waals surface area contributed by atoms with Gasteiger partial charge in [-0.3, -0.25) is 4.79 Å². The summed E-state index contributed by atoms with van der Waals surface area (Å²) < 4.78 is 11.1. The van der Waals surface area contributed by atoms with Crippen LogP contribution >= 0.6 is 0 Å². The van der Waals surface area contributed by atoms with Crippen LogP contribution < -0.4 is 10.1 Å². The number of pyridine rings is 1. The number of rotatable bonds is 8. The average Bonchev–Trinajstić information content (AvgIpc) is 3.34. The summed E-state index contributed by atoms with van der Waals surface area (Å²) in [5, 5.41) is 2.91. The van der Waals surface area contributed by atoms with E-state index in [1.54, 1.807) is 13.3 Å². The number of carbonyl (C=O) groups excluding carboxylic acids is 1. The van der Waals surface area contributed by atoms with Crippen molar-refractivity contribution in [2.45, 2.75) is 52.1 Å². The SMILES string of the molecule is CCCCOc1ncc(NC(=O)C(C)(OC)C2CC2)cc1C. The molecule has 1 saturated carbocycles. The average molecular weight is 306 g/mol. The van der Waals surface area contributed by atoms with E-state index in [-0.39, 0.29) is 5.91 Å². The molecule has 0 bridgehead atoms. The van der Waals surface area contributed by atoms with E-state index in [0.29, 0.717) is 24.1 Å². The Hall–Kier alpha value is -1.62. The summed E-state index contributed by atoms with van der Waals surface area (Å²) in [6.45, 7) is 6.57. The molecule has 1 unspecified atom stereocenters. The largest absolute Gasteiger partial charge is 0.477 e. The predicted molar refractivity (Wildman–Crippen MR) is 86.1 cm³/mol. The molecular weight excluding hydrogens is 280 g/mol. The number of aryl methyl sites for hydroxylation is 1. The molecule has 1 amide bonds. The number of carbonyl (C=O) groups is 1. The zero-order valence-corrected chi connectivity index (χ0v) is 13.9. The number of unbranched alkanes of at least 4 members (excludes halogenated alkanes) is 1. The second kappa shape index (κ2) is 7.09. The summed E-state index contributed by atoms with van der Waals surface area (Å²) in [6, 6.07) is 1.88. The van der Waals surface area contributed by atoms with Gasteiger partial charge in [0.15, 0.2) is 0 Å². The molecule has 122 valence electrons. The number of ether oxygens (including phenoxy) is 2. The van der Waals surface area contributed by atoms with Crippen LogP contribution in [0.3, 0.4) is 0 Å². The van der Waals surface area contributed by atoms with Crippen LogP contribution in [0.4, 0.5) is 5.69 Å². The van der Waals surface area contributed by atoms with E-state index < -0.39 is 5.60 Å². The topological polar surface area (TPSA) is 60.5 Å². The molecule has 0 aromatic carbocycles. The maximum Gasteiger partial charge on any atom is 0.256 e. The molecule has 22 heavy (non-hydrogen) atoms. The van der Waals surface area contributed by atoms with Crippen molar-refractivity contribution in [3.05, 3.63) is 17.8 Å². The monoisotopic (exact) mass is 306 g/mol. The molecule has 1 aromatic heterocycles. The summed E-state index contributed by atoms with van der Waals surface area (Å²) >= 11 is 0. The first kappa shape index (κ1) is 16.7. The summed E-state index contributed by atoms with van der Waals surface area (Å²) in [6.07, 6.45) is 5.81. The first-order chi connectivity index (χ1) is 10.5. The molecule has 5 heteroatoms. The third-order valence-electron chi connectivity index (χ3n) is 4.26. The quantitative estimate of drug-likeness (QED) is 0.748. The number of hydrogen-bond donors (Lipinski definition) is 1. The number of anilines is 1. The molecule has 5 nitrogen and oxygen atoms in total. The Kier molecular flexibility index (Phi) is 5.40. The van der Waals surface area contributed by atoms with Crippen LogP contribution in [-0.2, 0) is 9.53 Å². The third-order valence-corrected chi connectivity index (χ3v) is 4.26. The molecular formula is C17H26N2O3.